The van der Waals surface area contributed by atoms with Gasteiger partial charge in [-0.15, -0.1) is 0 Å². The van der Waals surface area contributed by atoms with Gasteiger partial charge in [-0.25, -0.2) is 4.39 Å². The zero-order valence-corrected chi connectivity index (χ0v) is 16.5. The Morgan fingerprint density at radius 3 is 2.50 bits per heavy atom. The summed E-state index contributed by atoms with van der Waals surface area (Å²) < 4.78 is 14.8. The number of anilines is 1. The maximum Gasteiger partial charge on any atom is 0.236 e. The Balaban J connectivity index is 1.53. The maximum absolute atomic E-state index is 13.0. The predicted octanol–water partition coefficient (Wildman–Crippen LogP) is 1.52. The molecule has 0 bridgehead atoms. The minimum atomic E-state index is -0.279. The molecule has 1 aromatic carbocycles. The van der Waals surface area contributed by atoms with Gasteiger partial charge in [0.1, 0.15) is 23.3 Å². The van der Waals surface area contributed by atoms with Crippen molar-refractivity contribution in [1.29, 1.82) is 5.26 Å². The molecule has 2 heterocycles. The molecule has 0 unspecified atom stereocenters. The number of nitriles is 1. The summed E-state index contributed by atoms with van der Waals surface area (Å²) in [6.45, 7) is 5.61. The minimum absolute atomic E-state index is 0.0341. The van der Waals surface area contributed by atoms with Crippen LogP contribution in [-0.2, 0) is 18.4 Å². The van der Waals surface area contributed by atoms with Crippen molar-refractivity contribution < 1.29 is 9.18 Å². The van der Waals surface area contributed by atoms with Gasteiger partial charge >= 0.3 is 0 Å². The summed E-state index contributed by atoms with van der Waals surface area (Å²) in [5, 5.41) is 13.7. The van der Waals surface area contributed by atoms with Crippen LogP contribution < -0.4 is 4.90 Å². The third-order valence-electron chi connectivity index (χ3n) is 5.09. The second-order valence-corrected chi connectivity index (χ2v) is 7.16. The number of aromatic nitrogens is 2. The van der Waals surface area contributed by atoms with Crippen LogP contribution in [0.3, 0.4) is 0 Å². The molecule has 1 aliphatic heterocycles. The van der Waals surface area contributed by atoms with Crippen molar-refractivity contribution in [3.8, 4) is 6.07 Å². The molecule has 1 amide bonds. The van der Waals surface area contributed by atoms with E-state index in [0.29, 0.717) is 18.7 Å². The quantitative estimate of drug-likeness (QED) is 0.782. The lowest BCUT2D eigenvalue weighted by atomic mass is 10.2. The molecule has 1 saturated heterocycles. The third-order valence-corrected chi connectivity index (χ3v) is 5.09. The summed E-state index contributed by atoms with van der Waals surface area (Å²) in [5.74, 6) is 0.602. The lowest BCUT2D eigenvalue weighted by Gasteiger charge is -2.36. The summed E-state index contributed by atoms with van der Waals surface area (Å²) in [7, 11) is 3.61. The van der Waals surface area contributed by atoms with E-state index in [2.05, 4.69) is 21.0 Å². The van der Waals surface area contributed by atoms with Gasteiger partial charge in [0.05, 0.1) is 12.2 Å². The first-order chi connectivity index (χ1) is 13.4. The number of halogens is 1. The van der Waals surface area contributed by atoms with E-state index in [9.17, 15) is 14.4 Å². The molecule has 28 heavy (non-hydrogen) atoms. The van der Waals surface area contributed by atoms with Crippen molar-refractivity contribution in [2.45, 2.75) is 13.5 Å². The van der Waals surface area contributed by atoms with Crippen LogP contribution in [0.5, 0.6) is 0 Å². The number of likely N-dealkylation sites (N-methyl/N-ethyl adjacent to an activating group) is 1. The smallest absolute Gasteiger partial charge is 0.236 e. The van der Waals surface area contributed by atoms with E-state index in [1.807, 2.05) is 14.0 Å². The van der Waals surface area contributed by atoms with Crippen LogP contribution in [0.4, 0.5) is 10.2 Å². The molecule has 0 N–H and O–H groups in total. The molecule has 8 heteroatoms. The van der Waals surface area contributed by atoms with Crippen LogP contribution in [0.2, 0.25) is 0 Å². The van der Waals surface area contributed by atoms with Gasteiger partial charge in [0.2, 0.25) is 5.91 Å². The van der Waals surface area contributed by atoms with Crippen LogP contribution in [0.1, 0.15) is 16.8 Å². The Hall–Kier alpha value is -2.92. The Labute approximate surface area is 164 Å². The summed E-state index contributed by atoms with van der Waals surface area (Å²) in [4.78, 5) is 18.5. The number of rotatable bonds is 5. The molecular formula is C20H25FN6O. The molecule has 0 saturated carbocycles. The Morgan fingerprint density at radius 2 is 1.89 bits per heavy atom. The number of nitrogens with zero attached hydrogens (tertiary/aromatic N) is 6. The summed E-state index contributed by atoms with van der Waals surface area (Å²) in [6, 6.07) is 8.44. The normalized spacial score (nSPS) is 14.8. The molecule has 1 aromatic heterocycles. The summed E-state index contributed by atoms with van der Waals surface area (Å²) in [6.07, 6.45) is 0. The number of aryl methyl sites for hydroxylation is 2. The molecule has 3 rings (SSSR count). The second-order valence-electron chi connectivity index (χ2n) is 7.16. The topological polar surface area (TPSA) is 68.4 Å². The van der Waals surface area contributed by atoms with Crippen molar-refractivity contribution in [1.82, 2.24) is 19.6 Å². The van der Waals surface area contributed by atoms with E-state index in [1.165, 1.54) is 12.1 Å². The number of carbonyl (C=O) groups excluding carboxylic acids is 1. The molecule has 148 valence electrons. The summed E-state index contributed by atoms with van der Waals surface area (Å²) >= 11 is 0. The lowest BCUT2D eigenvalue weighted by Crippen LogP contribution is -2.50. The number of piperazine rings is 1. The van der Waals surface area contributed by atoms with E-state index >= 15 is 0 Å². The number of amides is 1. The van der Waals surface area contributed by atoms with Crippen molar-refractivity contribution >= 4 is 11.7 Å². The molecule has 2 aromatic rings. The van der Waals surface area contributed by atoms with Gasteiger partial charge in [0, 0.05) is 46.8 Å². The summed E-state index contributed by atoms with van der Waals surface area (Å²) in [5.41, 5.74) is 2.25. The first kappa shape index (κ1) is 19.8. The first-order valence-electron chi connectivity index (χ1n) is 9.28. The van der Waals surface area contributed by atoms with Crippen LogP contribution >= 0.6 is 0 Å². The monoisotopic (exact) mass is 384 g/mol. The van der Waals surface area contributed by atoms with Gasteiger partial charge in [-0.2, -0.15) is 10.4 Å². The highest BCUT2D eigenvalue weighted by molar-refractivity contribution is 5.78. The molecular weight excluding hydrogens is 359 g/mol. The largest absolute Gasteiger partial charge is 0.353 e. The SMILES string of the molecule is Cc1nn(C)c(N2CCN(CC(=O)N(C)Cc3ccc(F)cc3)CC2)c1C#N. The Kier molecular flexibility index (Phi) is 5.95. The molecule has 0 radical (unpaired) electrons. The van der Waals surface area contributed by atoms with Gasteiger partial charge in [-0.05, 0) is 24.6 Å². The van der Waals surface area contributed by atoms with Crippen molar-refractivity contribution in [3.05, 3.63) is 46.9 Å². The van der Waals surface area contributed by atoms with E-state index in [0.717, 1.165) is 43.3 Å². The van der Waals surface area contributed by atoms with Gasteiger partial charge < -0.3 is 9.80 Å². The van der Waals surface area contributed by atoms with Gasteiger partial charge in [-0.3, -0.25) is 14.4 Å². The standard InChI is InChI=1S/C20H25FN6O/c1-15-18(12-22)20(25(3)23-15)27-10-8-26(9-11-27)14-19(28)24(2)13-16-4-6-17(21)7-5-16/h4-7H,8-11,13-14H2,1-3H3. The van der Waals surface area contributed by atoms with E-state index in [4.69, 9.17) is 0 Å². The average Bonchev–Trinajstić information content (AvgIpc) is 2.97. The van der Waals surface area contributed by atoms with Gasteiger partial charge in [-0.1, -0.05) is 12.1 Å². The lowest BCUT2D eigenvalue weighted by molar-refractivity contribution is -0.131. The van der Waals surface area contributed by atoms with Crippen molar-refractivity contribution in [2.24, 2.45) is 7.05 Å². The fraction of sp³-hybridized carbons (Fsp3) is 0.450. The van der Waals surface area contributed by atoms with Crippen LogP contribution in [0.15, 0.2) is 24.3 Å². The van der Waals surface area contributed by atoms with Gasteiger partial charge in [0.25, 0.3) is 0 Å². The predicted molar refractivity (Wildman–Crippen MR) is 104 cm³/mol. The van der Waals surface area contributed by atoms with Crippen LogP contribution in [0, 0.1) is 24.1 Å². The Bertz CT molecular complexity index is 877. The Morgan fingerprint density at radius 1 is 1.25 bits per heavy atom. The zero-order valence-electron chi connectivity index (χ0n) is 16.5. The molecule has 1 fully saturated rings. The molecule has 0 spiro atoms. The average molecular weight is 384 g/mol. The fourth-order valence-corrected chi connectivity index (χ4v) is 3.52. The number of carbonyl (C=O) groups is 1. The first-order valence-corrected chi connectivity index (χ1v) is 9.28. The van der Waals surface area contributed by atoms with Crippen LogP contribution in [0.25, 0.3) is 0 Å². The highest BCUT2D eigenvalue weighted by atomic mass is 19.1. The van der Waals surface area contributed by atoms with E-state index in [-0.39, 0.29) is 11.7 Å². The highest BCUT2D eigenvalue weighted by Crippen LogP contribution is 2.23. The number of hydrogen-bond acceptors (Lipinski definition) is 5. The minimum Gasteiger partial charge on any atom is -0.353 e. The third kappa shape index (κ3) is 4.31. The van der Waals surface area contributed by atoms with Gasteiger partial charge in [0.15, 0.2) is 0 Å². The van der Waals surface area contributed by atoms with Crippen LogP contribution in [-0.4, -0.2) is 65.3 Å². The van der Waals surface area contributed by atoms with E-state index < -0.39 is 0 Å². The van der Waals surface area contributed by atoms with Crippen molar-refractivity contribution in [2.75, 3.05) is 44.7 Å². The molecule has 7 nitrogen and oxygen atoms in total. The number of hydrogen-bond donors (Lipinski definition) is 0. The van der Waals surface area contributed by atoms with E-state index in [1.54, 1.807) is 28.8 Å². The number of benzene rings is 1. The maximum atomic E-state index is 13.0. The van der Waals surface area contributed by atoms with Crippen molar-refractivity contribution in [3.63, 3.8) is 0 Å². The molecule has 0 atom stereocenters. The zero-order chi connectivity index (χ0) is 20.3. The fourth-order valence-electron chi connectivity index (χ4n) is 3.52. The molecule has 0 aliphatic carbocycles. The highest BCUT2D eigenvalue weighted by Gasteiger charge is 2.25. The second kappa shape index (κ2) is 8.40. The molecule has 1 aliphatic rings.